The third kappa shape index (κ3) is 1.98. The zero-order valence-corrected chi connectivity index (χ0v) is 11.0. The summed E-state index contributed by atoms with van der Waals surface area (Å²) in [6.07, 6.45) is 0.915. The van der Waals surface area contributed by atoms with Gasteiger partial charge in [-0.05, 0) is 31.4 Å². The molecular weight excluding hydrogens is 258 g/mol. The second-order valence-electron chi connectivity index (χ2n) is 5.54. The maximum absolute atomic E-state index is 12.6. The number of rotatable bonds is 2. The second kappa shape index (κ2) is 4.90. The number of piperidine rings is 1. The van der Waals surface area contributed by atoms with Crippen molar-refractivity contribution >= 4 is 11.9 Å². The van der Waals surface area contributed by atoms with Crippen LogP contribution < -0.4 is 0 Å². The molecule has 2 heterocycles. The number of hydrogen-bond donors (Lipinski definition) is 2. The van der Waals surface area contributed by atoms with Crippen molar-refractivity contribution in [1.29, 1.82) is 0 Å². The van der Waals surface area contributed by atoms with Crippen LogP contribution in [0.2, 0.25) is 0 Å². The summed E-state index contributed by atoms with van der Waals surface area (Å²) in [5.41, 5.74) is 0.574. The minimum absolute atomic E-state index is 0.0432. The first-order chi connectivity index (χ1) is 9.59. The molecule has 2 aliphatic heterocycles. The van der Waals surface area contributed by atoms with E-state index in [0.29, 0.717) is 18.4 Å². The predicted octanol–water partition coefficient (Wildman–Crippen LogP) is 1.13. The highest BCUT2D eigenvalue weighted by Crippen LogP contribution is 2.40. The number of carboxylic acids is 1. The molecule has 2 aliphatic rings. The highest BCUT2D eigenvalue weighted by atomic mass is 16.4. The molecule has 1 aromatic carbocycles. The van der Waals surface area contributed by atoms with Gasteiger partial charge in [0.05, 0.1) is 6.10 Å². The molecule has 2 saturated heterocycles. The molecule has 0 spiro atoms. The molecule has 5 nitrogen and oxygen atoms in total. The molecule has 1 aromatic rings. The Labute approximate surface area is 116 Å². The molecule has 2 bridgehead atoms. The Bertz CT molecular complexity index is 530. The van der Waals surface area contributed by atoms with Crippen LogP contribution in [0, 0.1) is 5.92 Å². The van der Waals surface area contributed by atoms with Crippen molar-refractivity contribution in [3.8, 4) is 0 Å². The van der Waals surface area contributed by atoms with Crippen LogP contribution >= 0.6 is 0 Å². The van der Waals surface area contributed by atoms with Gasteiger partial charge in [-0.3, -0.25) is 9.59 Å². The van der Waals surface area contributed by atoms with Gasteiger partial charge in [0.1, 0.15) is 5.92 Å². The van der Waals surface area contributed by atoms with Gasteiger partial charge in [0.25, 0.3) is 5.91 Å². The number of benzene rings is 1. The van der Waals surface area contributed by atoms with Crippen molar-refractivity contribution < 1.29 is 19.8 Å². The number of carbonyl (C=O) groups excluding carboxylic acids is 1. The second-order valence-corrected chi connectivity index (χ2v) is 5.54. The van der Waals surface area contributed by atoms with E-state index in [1.807, 2.05) is 6.07 Å². The van der Waals surface area contributed by atoms with Crippen LogP contribution in [0.1, 0.15) is 29.6 Å². The van der Waals surface area contributed by atoms with E-state index in [1.54, 1.807) is 29.2 Å². The van der Waals surface area contributed by atoms with Gasteiger partial charge in [-0.25, -0.2) is 0 Å². The van der Waals surface area contributed by atoms with Crippen LogP contribution in [0.15, 0.2) is 30.3 Å². The monoisotopic (exact) mass is 275 g/mol. The number of aliphatic hydroxyl groups excluding tert-OH is 1. The maximum Gasteiger partial charge on any atom is 0.311 e. The highest BCUT2D eigenvalue weighted by Gasteiger charge is 2.51. The summed E-state index contributed by atoms with van der Waals surface area (Å²) in [4.78, 5) is 25.6. The van der Waals surface area contributed by atoms with Gasteiger partial charge < -0.3 is 15.1 Å². The zero-order chi connectivity index (χ0) is 14.3. The number of aliphatic carboxylic acids is 1. The summed E-state index contributed by atoms with van der Waals surface area (Å²) < 4.78 is 0. The topological polar surface area (TPSA) is 77.8 Å². The Morgan fingerprint density at radius 3 is 2.50 bits per heavy atom. The molecule has 3 rings (SSSR count). The molecule has 5 heteroatoms. The number of carboxylic acid groups (broad SMARTS) is 1. The Morgan fingerprint density at radius 1 is 1.15 bits per heavy atom. The molecule has 2 N–H and O–H groups in total. The molecule has 0 unspecified atom stereocenters. The molecule has 106 valence electrons. The number of amides is 1. The Kier molecular flexibility index (Phi) is 3.22. The summed E-state index contributed by atoms with van der Waals surface area (Å²) in [7, 11) is 0. The molecule has 1 amide bonds. The minimum Gasteiger partial charge on any atom is -0.481 e. The van der Waals surface area contributed by atoms with E-state index in [2.05, 4.69) is 0 Å². The molecule has 0 saturated carbocycles. The Morgan fingerprint density at radius 2 is 1.85 bits per heavy atom. The van der Waals surface area contributed by atoms with Crippen molar-refractivity contribution in [2.45, 2.75) is 37.5 Å². The lowest BCUT2D eigenvalue weighted by Crippen LogP contribution is -2.55. The largest absolute Gasteiger partial charge is 0.481 e. The number of fused-ring (bicyclic) bond motifs is 2. The fraction of sp³-hybridized carbons (Fsp3) is 0.467. The van der Waals surface area contributed by atoms with Gasteiger partial charge in [0, 0.05) is 17.6 Å². The van der Waals surface area contributed by atoms with Gasteiger partial charge in [-0.2, -0.15) is 0 Å². The van der Waals surface area contributed by atoms with Gasteiger partial charge in [-0.1, -0.05) is 18.2 Å². The lowest BCUT2D eigenvalue weighted by molar-refractivity contribution is -0.151. The first-order valence-corrected chi connectivity index (χ1v) is 6.88. The minimum atomic E-state index is -1.02. The molecule has 0 aliphatic carbocycles. The fourth-order valence-corrected chi connectivity index (χ4v) is 3.55. The van der Waals surface area contributed by atoms with Gasteiger partial charge >= 0.3 is 5.97 Å². The van der Waals surface area contributed by atoms with Crippen LogP contribution in [0.5, 0.6) is 0 Å². The van der Waals surface area contributed by atoms with Crippen molar-refractivity contribution in [1.82, 2.24) is 4.90 Å². The number of aliphatic hydroxyl groups is 1. The lowest BCUT2D eigenvalue weighted by atomic mass is 9.87. The first kappa shape index (κ1) is 13.1. The average molecular weight is 275 g/mol. The summed E-state index contributed by atoms with van der Waals surface area (Å²) in [6, 6.07) is 8.47. The van der Waals surface area contributed by atoms with Crippen molar-refractivity contribution in [3.63, 3.8) is 0 Å². The predicted molar refractivity (Wildman–Crippen MR) is 71.2 cm³/mol. The Balaban J connectivity index is 1.91. The molecule has 0 radical (unpaired) electrons. The van der Waals surface area contributed by atoms with E-state index in [-0.39, 0.29) is 11.9 Å². The van der Waals surface area contributed by atoms with E-state index in [1.165, 1.54) is 0 Å². The molecule has 0 aromatic heterocycles. The van der Waals surface area contributed by atoms with Gasteiger partial charge in [0.2, 0.25) is 0 Å². The maximum atomic E-state index is 12.6. The number of hydrogen-bond acceptors (Lipinski definition) is 3. The molecule has 4 atom stereocenters. The van der Waals surface area contributed by atoms with Crippen molar-refractivity contribution in [2.75, 3.05) is 0 Å². The van der Waals surface area contributed by atoms with Gasteiger partial charge in [-0.15, -0.1) is 0 Å². The standard InChI is InChI=1S/C15H17NO4/c17-12-8-10-6-7-11(13(12)15(19)20)16(10)14(18)9-4-2-1-3-5-9/h1-5,10-13,17H,6-8H2,(H,19,20)/t10-,11-,12+,13-/m0/s1. The molecule has 20 heavy (non-hydrogen) atoms. The summed E-state index contributed by atoms with van der Waals surface area (Å²) in [6.45, 7) is 0. The summed E-state index contributed by atoms with van der Waals surface area (Å²) in [5, 5.41) is 19.3. The normalized spacial score (nSPS) is 32.1. The fourth-order valence-electron chi connectivity index (χ4n) is 3.55. The van der Waals surface area contributed by atoms with Crippen LogP contribution in [-0.4, -0.2) is 45.2 Å². The summed E-state index contributed by atoms with van der Waals surface area (Å²) in [5.74, 6) is -2.02. The summed E-state index contributed by atoms with van der Waals surface area (Å²) >= 11 is 0. The van der Waals surface area contributed by atoms with Crippen molar-refractivity contribution in [3.05, 3.63) is 35.9 Å². The van der Waals surface area contributed by atoms with Crippen LogP contribution in [0.25, 0.3) is 0 Å². The third-order valence-electron chi connectivity index (χ3n) is 4.43. The third-order valence-corrected chi connectivity index (χ3v) is 4.43. The number of carbonyl (C=O) groups is 2. The van der Waals surface area contributed by atoms with E-state index in [4.69, 9.17) is 0 Å². The highest BCUT2D eigenvalue weighted by molar-refractivity contribution is 5.95. The van der Waals surface area contributed by atoms with E-state index >= 15 is 0 Å². The quantitative estimate of drug-likeness (QED) is 0.848. The Hall–Kier alpha value is -1.88. The van der Waals surface area contributed by atoms with Crippen LogP contribution in [-0.2, 0) is 4.79 Å². The average Bonchev–Trinajstić information content (AvgIpc) is 2.74. The van der Waals surface area contributed by atoms with Crippen LogP contribution in [0.4, 0.5) is 0 Å². The molecule has 2 fully saturated rings. The zero-order valence-electron chi connectivity index (χ0n) is 11.0. The van der Waals surface area contributed by atoms with E-state index in [9.17, 15) is 19.8 Å². The smallest absolute Gasteiger partial charge is 0.311 e. The number of nitrogens with zero attached hydrogens (tertiary/aromatic N) is 1. The van der Waals surface area contributed by atoms with Crippen molar-refractivity contribution in [2.24, 2.45) is 5.92 Å². The van der Waals surface area contributed by atoms with Crippen LogP contribution in [0.3, 0.4) is 0 Å². The van der Waals surface area contributed by atoms with Gasteiger partial charge in [0.15, 0.2) is 0 Å². The first-order valence-electron chi connectivity index (χ1n) is 6.88. The SMILES string of the molecule is O=C(O)[C@@H]1[C@H](O)C[C@@H]2CC[C@@H]1N2C(=O)c1ccccc1. The van der Waals surface area contributed by atoms with E-state index < -0.39 is 24.0 Å². The van der Waals surface area contributed by atoms with E-state index in [0.717, 1.165) is 6.42 Å². The lowest BCUT2D eigenvalue weighted by Gasteiger charge is -2.41. The molecular formula is C15H17NO4.